The van der Waals surface area contributed by atoms with Gasteiger partial charge in [-0.15, -0.1) is 0 Å². The Morgan fingerprint density at radius 3 is 2.74 bits per heavy atom. The maximum absolute atomic E-state index is 13.0. The number of fused-ring (bicyclic) bond motifs is 4. The normalized spacial score (nSPS) is 16.5. The molecular weight excluding hydrogens is 438 g/mol. The number of rotatable bonds is 4. The lowest BCUT2D eigenvalue weighted by Crippen LogP contribution is -2.32. The van der Waals surface area contributed by atoms with Crippen LogP contribution in [0.5, 0.6) is 0 Å². The second-order valence-electron chi connectivity index (χ2n) is 9.13. The van der Waals surface area contributed by atoms with Crippen LogP contribution in [0, 0.1) is 6.92 Å². The molecule has 0 fully saturated rings. The van der Waals surface area contributed by atoms with Crippen molar-refractivity contribution in [3.05, 3.63) is 94.4 Å². The van der Waals surface area contributed by atoms with Gasteiger partial charge in [0.05, 0.1) is 29.8 Å². The number of carbonyl (C=O) groups excluding carboxylic acids is 1. The predicted octanol–water partition coefficient (Wildman–Crippen LogP) is 4.17. The van der Waals surface area contributed by atoms with Gasteiger partial charge in [0.1, 0.15) is 6.10 Å². The van der Waals surface area contributed by atoms with Crippen LogP contribution < -0.4 is 5.32 Å². The summed E-state index contributed by atoms with van der Waals surface area (Å²) < 4.78 is 7.58. The first-order valence-electron chi connectivity index (χ1n) is 12.2. The average molecular weight is 466 g/mol. The van der Waals surface area contributed by atoms with Gasteiger partial charge >= 0.3 is 0 Å². The Kier molecular flexibility index (Phi) is 5.62. The molecule has 0 bridgehead atoms. The van der Waals surface area contributed by atoms with E-state index in [-0.39, 0.29) is 12.0 Å². The van der Waals surface area contributed by atoms with Crippen molar-refractivity contribution in [2.75, 3.05) is 13.2 Å². The minimum Gasteiger partial charge on any atom is -0.371 e. The zero-order chi connectivity index (χ0) is 23.8. The van der Waals surface area contributed by atoms with E-state index in [2.05, 4.69) is 45.7 Å². The van der Waals surface area contributed by atoms with Crippen molar-refractivity contribution in [1.82, 2.24) is 25.1 Å². The van der Waals surface area contributed by atoms with Crippen LogP contribution in [-0.2, 0) is 24.0 Å². The Labute approximate surface area is 204 Å². The highest BCUT2D eigenvalue weighted by atomic mass is 16.5. The van der Waals surface area contributed by atoms with E-state index in [4.69, 9.17) is 9.72 Å². The number of benzene rings is 2. The summed E-state index contributed by atoms with van der Waals surface area (Å²) in [5, 5.41) is 7.49. The average Bonchev–Trinajstić information content (AvgIpc) is 3.18. The Balaban J connectivity index is 1.24. The van der Waals surface area contributed by atoms with E-state index in [0.29, 0.717) is 30.4 Å². The number of amides is 1. The number of aromatic nitrogens is 4. The first kappa shape index (κ1) is 21.7. The van der Waals surface area contributed by atoms with Gasteiger partial charge in [0.25, 0.3) is 11.9 Å². The maximum Gasteiger partial charge on any atom is 0.254 e. The molecule has 0 spiro atoms. The molecule has 2 aromatic carbocycles. The minimum atomic E-state index is -0.180. The number of aryl methyl sites for hydroxylation is 2. The van der Waals surface area contributed by atoms with Gasteiger partial charge in [-0.25, -0.2) is 14.6 Å². The highest BCUT2D eigenvalue weighted by Crippen LogP contribution is 2.31. The summed E-state index contributed by atoms with van der Waals surface area (Å²) in [4.78, 5) is 22.5. The second kappa shape index (κ2) is 9.07. The standard InChI is InChI=1S/C28H27N5O2/c1-18-24(27(34)29-17-25-22-11-4-2-8-20(22)13-14-35-25)16-31-33(18)28-30-15-21-10-6-9-19-7-3-5-12-23(19)26(21)32-28/h2-5,7-8,11-12,15-16,25H,6,9-10,13-14,17H2,1H3,(H,29,34). The molecule has 7 heteroatoms. The van der Waals surface area contributed by atoms with Gasteiger partial charge in [0.2, 0.25) is 0 Å². The van der Waals surface area contributed by atoms with Crippen molar-refractivity contribution < 1.29 is 9.53 Å². The van der Waals surface area contributed by atoms with Gasteiger partial charge in [0.15, 0.2) is 0 Å². The van der Waals surface area contributed by atoms with E-state index >= 15 is 0 Å². The highest BCUT2D eigenvalue weighted by Gasteiger charge is 2.23. The van der Waals surface area contributed by atoms with Crippen LogP contribution in [-0.4, -0.2) is 38.8 Å². The van der Waals surface area contributed by atoms with E-state index in [1.165, 1.54) is 11.1 Å². The summed E-state index contributed by atoms with van der Waals surface area (Å²) in [6.07, 6.45) is 7.30. The van der Waals surface area contributed by atoms with Gasteiger partial charge in [-0.05, 0) is 54.9 Å². The zero-order valence-electron chi connectivity index (χ0n) is 19.7. The smallest absolute Gasteiger partial charge is 0.254 e. The first-order chi connectivity index (χ1) is 17.2. The lowest BCUT2D eigenvalue weighted by atomic mass is 9.97. The highest BCUT2D eigenvalue weighted by molar-refractivity contribution is 5.95. The van der Waals surface area contributed by atoms with Crippen LogP contribution in [0.4, 0.5) is 0 Å². The molecule has 1 aliphatic heterocycles. The Morgan fingerprint density at radius 2 is 1.83 bits per heavy atom. The molecule has 1 unspecified atom stereocenters. The van der Waals surface area contributed by atoms with Crippen LogP contribution in [0.1, 0.15) is 50.8 Å². The van der Waals surface area contributed by atoms with Crippen LogP contribution >= 0.6 is 0 Å². The molecule has 176 valence electrons. The SMILES string of the molecule is Cc1c(C(=O)NCC2OCCc3ccccc32)cnn1-c1ncc2c(n1)-c1ccccc1CCC2. The number of nitrogens with zero attached hydrogens (tertiary/aromatic N) is 4. The van der Waals surface area contributed by atoms with Crippen LogP contribution in [0.2, 0.25) is 0 Å². The molecule has 1 amide bonds. The zero-order valence-corrected chi connectivity index (χ0v) is 19.7. The molecule has 3 heterocycles. The predicted molar refractivity (Wildman–Crippen MR) is 133 cm³/mol. The number of carbonyl (C=O) groups is 1. The number of hydrogen-bond acceptors (Lipinski definition) is 5. The van der Waals surface area contributed by atoms with Gasteiger partial charge in [-0.2, -0.15) is 5.10 Å². The van der Waals surface area contributed by atoms with E-state index in [9.17, 15) is 4.79 Å². The minimum absolute atomic E-state index is 0.146. The number of ether oxygens (including phenoxy) is 1. The van der Waals surface area contributed by atoms with E-state index < -0.39 is 0 Å². The lowest BCUT2D eigenvalue weighted by Gasteiger charge is -2.26. The van der Waals surface area contributed by atoms with Gasteiger partial charge < -0.3 is 10.1 Å². The quantitative estimate of drug-likeness (QED) is 0.489. The van der Waals surface area contributed by atoms with E-state index in [1.54, 1.807) is 10.9 Å². The van der Waals surface area contributed by atoms with E-state index in [0.717, 1.165) is 48.1 Å². The fourth-order valence-electron chi connectivity index (χ4n) is 5.11. The maximum atomic E-state index is 13.0. The molecule has 0 saturated heterocycles. The van der Waals surface area contributed by atoms with Gasteiger partial charge in [0, 0.05) is 18.3 Å². The molecule has 1 atom stereocenters. The summed E-state index contributed by atoms with van der Waals surface area (Å²) in [5.74, 6) is 0.294. The topological polar surface area (TPSA) is 81.9 Å². The summed E-state index contributed by atoms with van der Waals surface area (Å²) in [6, 6.07) is 16.7. The Bertz CT molecular complexity index is 1410. The van der Waals surface area contributed by atoms with Crippen molar-refractivity contribution >= 4 is 5.91 Å². The molecule has 7 nitrogen and oxygen atoms in total. The molecule has 4 aromatic rings. The molecule has 1 N–H and O–H groups in total. The monoisotopic (exact) mass is 465 g/mol. The number of hydrogen-bond donors (Lipinski definition) is 1. The Morgan fingerprint density at radius 1 is 1.03 bits per heavy atom. The van der Waals surface area contributed by atoms with Crippen molar-refractivity contribution in [2.45, 2.75) is 38.7 Å². The second-order valence-corrected chi connectivity index (χ2v) is 9.13. The largest absolute Gasteiger partial charge is 0.371 e. The third-order valence-corrected chi connectivity index (χ3v) is 7.00. The van der Waals surface area contributed by atoms with Gasteiger partial charge in [-0.3, -0.25) is 4.79 Å². The summed E-state index contributed by atoms with van der Waals surface area (Å²) in [5.41, 5.74) is 8.20. The van der Waals surface area contributed by atoms with Crippen molar-refractivity contribution in [2.24, 2.45) is 0 Å². The molecule has 0 radical (unpaired) electrons. The van der Waals surface area contributed by atoms with E-state index in [1.807, 2.05) is 31.3 Å². The molecule has 35 heavy (non-hydrogen) atoms. The van der Waals surface area contributed by atoms with Crippen molar-refractivity contribution in [3.8, 4) is 17.2 Å². The molecule has 2 aromatic heterocycles. The van der Waals surface area contributed by atoms with Crippen LogP contribution in [0.3, 0.4) is 0 Å². The van der Waals surface area contributed by atoms with Crippen LogP contribution in [0.25, 0.3) is 17.2 Å². The fraction of sp³-hybridized carbons (Fsp3) is 0.286. The summed E-state index contributed by atoms with van der Waals surface area (Å²) >= 11 is 0. The van der Waals surface area contributed by atoms with Crippen molar-refractivity contribution in [1.29, 1.82) is 0 Å². The first-order valence-corrected chi connectivity index (χ1v) is 12.2. The molecule has 6 rings (SSSR count). The summed E-state index contributed by atoms with van der Waals surface area (Å²) in [6.45, 7) is 2.94. The van der Waals surface area contributed by atoms with Crippen LogP contribution in [0.15, 0.2) is 60.9 Å². The van der Waals surface area contributed by atoms with Crippen molar-refractivity contribution in [3.63, 3.8) is 0 Å². The lowest BCUT2D eigenvalue weighted by molar-refractivity contribution is 0.0411. The molecule has 2 aliphatic rings. The summed E-state index contributed by atoms with van der Waals surface area (Å²) in [7, 11) is 0. The Hall–Kier alpha value is -3.84. The third kappa shape index (κ3) is 4.02. The fourth-order valence-corrected chi connectivity index (χ4v) is 5.11. The molecule has 0 saturated carbocycles. The molecular formula is C28H27N5O2. The molecule has 1 aliphatic carbocycles. The third-order valence-electron chi connectivity index (χ3n) is 7.00. The van der Waals surface area contributed by atoms with Gasteiger partial charge in [-0.1, -0.05) is 48.5 Å². The number of nitrogens with one attached hydrogen (secondary N) is 1.